The molecule has 0 radical (unpaired) electrons. The van der Waals surface area contributed by atoms with Crippen LogP contribution < -0.4 is 10.2 Å². The van der Waals surface area contributed by atoms with Crippen LogP contribution in [0.2, 0.25) is 0 Å². The van der Waals surface area contributed by atoms with E-state index < -0.39 is 0 Å². The van der Waals surface area contributed by atoms with E-state index in [2.05, 4.69) is 22.4 Å². The van der Waals surface area contributed by atoms with Gasteiger partial charge in [0, 0.05) is 32.5 Å². The van der Waals surface area contributed by atoms with Gasteiger partial charge in [-0.05, 0) is 29.8 Å². The number of nitrogens with zero attached hydrogens (tertiary/aromatic N) is 3. The summed E-state index contributed by atoms with van der Waals surface area (Å²) < 4.78 is 2.01. The Bertz CT molecular complexity index is 873. The van der Waals surface area contributed by atoms with Gasteiger partial charge in [-0.3, -0.25) is 4.79 Å². The zero-order valence-electron chi connectivity index (χ0n) is 15.1. The van der Waals surface area contributed by atoms with Gasteiger partial charge < -0.3 is 14.8 Å². The lowest BCUT2D eigenvalue weighted by molar-refractivity contribution is -0.113. The second-order valence-electron chi connectivity index (χ2n) is 6.13. The number of anilines is 2. The number of nitrogens with one attached hydrogen (secondary N) is 1. The van der Waals surface area contributed by atoms with Crippen molar-refractivity contribution in [3.63, 3.8) is 0 Å². The van der Waals surface area contributed by atoms with Crippen molar-refractivity contribution in [3.05, 3.63) is 60.8 Å². The summed E-state index contributed by atoms with van der Waals surface area (Å²) in [5.41, 5.74) is 4.04. The summed E-state index contributed by atoms with van der Waals surface area (Å²) in [5.74, 6) is 0.269. The zero-order chi connectivity index (χ0) is 18.5. The van der Waals surface area contributed by atoms with Crippen LogP contribution in [0.5, 0.6) is 0 Å². The van der Waals surface area contributed by atoms with Crippen molar-refractivity contribution in [1.82, 2.24) is 9.55 Å². The van der Waals surface area contributed by atoms with Crippen LogP contribution in [0.25, 0.3) is 11.3 Å². The van der Waals surface area contributed by atoms with Gasteiger partial charge in [0.1, 0.15) is 0 Å². The summed E-state index contributed by atoms with van der Waals surface area (Å²) >= 11 is 1.43. The Kier molecular flexibility index (Phi) is 5.63. The van der Waals surface area contributed by atoms with Crippen LogP contribution in [0.3, 0.4) is 0 Å². The minimum atomic E-state index is -0.0446. The maximum absolute atomic E-state index is 12.2. The van der Waals surface area contributed by atoms with E-state index in [9.17, 15) is 4.79 Å². The second-order valence-corrected chi connectivity index (χ2v) is 7.07. The normalized spacial score (nSPS) is 10.6. The number of hydrogen-bond donors (Lipinski definition) is 1. The maximum Gasteiger partial charge on any atom is 0.234 e. The molecule has 26 heavy (non-hydrogen) atoms. The van der Waals surface area contributed by atoms with Crippen molar-refractivity contribution in [2.24, 2.45) is 7.05 Å². The number of thioether (sulfide) groups is 1. The first-order valence-electron chi connectivity index (χ1n) is 8.32. The number of rotatable bonds is 6. The first kappa shape index (κ1) is 18.1. The molecule has 0 atom stereocenters. The molecule has 0 spiro atoms. The number of aromatic nitrogens is 2. The van der Waals surface area contributed by atoms with Gasteiger partial charge >= 0.3 is 0 Å². The van der Waals surface area contributed by atoms with E-state index >= 15 is 0 Å². The number of carbonyl (C=O) groups is 1. The van der Waals surface area contributed by atoms with E-state index in [1.807, 2.05) is 79.3 Å². The summed E-state index contributed by atoms with van der Waals surface area (Å²) in [6.07, 6.45) is 1.84. The van der Waals surface area contributed by atoms with Crippen LogP contribution in [0.1, 0.15) is 0 Å². The Balaban J connectivity index is 1.59. The molecule has 0 saturated carbocycles. The summed E-state index contributed by atoms with van der Waals surface area (Å²) in [7, 11) is 5.94. The number of carbonyl (C=O) groups excluding carboxylic acids is 1. The molecule has 1 amide bonds. The van der Waals surface area contributed by atoms with Gasteiger partial charge in [0.25, 0.3) is 0 Å². The Morgan fingerprint density at radius 3 is 2.46 bits per heavy atom. The quantitative estimate of drug-likeness (QED) is 0.673. The average molecular weight is 366 g/mol. The van der Waals surface area contributed by atoms with E-state index in [0.717, 1.165) is 27.8 Å². The molecular formula is C20H22N4OS. The topological polar surface area (TPSA) is 50.2 Å². The minimum absolute atomic E-state index is 0.0446. The van der Waals surface area contributed by atoms with Crippen LogP contribution in [-0.2, 0) is 11.8 Å². The summed E-state index contributed by atoms with van der Waals surface area (Å²) in [4.78, 5) is 18.7. The fourth-order valence-corrected chi connectivity index (χ4v) is 3.33. The lowest BCUT2D eigenvalue weighted by atomic mass is 10.2. The van der Waals surface area contributed by atoms with Gasteiger partial charge in [0.2, 0.25) is 5.91 Å². The highest BCUT2D eigenvalue weighted by Gasteiger charge is 2.11. The highest BCUT2D eigenvalue weighted by atomic mass is 32.2. The first-order chi connectivity index (χ1) is 12.5. The lowest BCUT2D eigenvalue weighted by Crippen LogP contribution is -2.15. The predicted octanol–water partition coefficient (Wildman–Crippen LogP) is 3.88. The summed E-state index contributed by atoms with van der Waals surface area (Å²) in [5, 5.41) is 3.74. The molecule has 134 valence electrons. The molecule has 1 N–H and O–H groups in total. The van der Waals surface area contributed by atoms with E-state index in [4.69, 9.17) is 0 Å². The largest absolute Gasteiger partial charge is 0.378 e. The fourth-order valence-electron chi connectivity index (χ4n) is 2.57. The fraction of sp³-hybridized carbons (Fsp3) is 0.200. The first-order valence-corrected chi connectivity index (χ1v) is 9.30. The molecule has 0 bridgehead atoms. The molecule has 1 heterocycles. The molecule has 3 rings (SSSR count). The maximum atomic E-state index is 12.2. The number of amides is 1. The Labute approximate surface area is 158 Å². The van der Waals surface area contributed by atoms with Crippen LogP contribution >= 0.6 is 11.8 Å². The van der Waals surface area contributed by atoms with Gasteiger partial charge in [-0.15, -0.1) is 0 Å². The van der Waals surface area contributed by atoms with E-state index in [0.29, 0.717) is 5.75 Å². The Morgan fingerprint density at radius 1 is 1.12 bits per heavy atom. The number of hydrogen-bond acceptors (Lipinski definition) is 4. The molecule has 3 aromatic rings. The second kappa shape index (κ2) is 8.10. The third-order valence-corrected chi connectivity index (χ3v) is 5.06. The molecule has 0 aliphatic carbocycles. The summed E-state index contributed by atoms with van der Waals surface area (Å²) in [6.45, 7) is 0. The van der Waals surface area contributed by atoms with Gasteiger partial charge in [-0.1, -0.05) is 42.1 Å². The molecule has 0 aliphatic heterocycles. The Hall–Kier alpha value is -2.73. The third-order valence-electron chi connectivity index (χ3n) is 4.01. The van der Waals surface area contributed by atoms with E-state index in [1.54, 1.807) is 0 Å². The van der Waals surface area contributed by atoms with Crippen LogP contribution in [0.4, 0.5) is 11.4 Å². The molecule has 0 fully saturated rings. The number of imidazole rings is 1. The highest BCUT2D eigenvalue weighted by molar-refractivity contribution is 7.99. The van der Waals surface area contributed by atoms with Gasteiger partial charge in [0.05, 0.1) is 17.6 Å². The predicted molar refractivity (Wildman–Crippen MR) is 109 cm³/mol. The van der Waals surface area contributed by atoms with Crippen molar-refractivity contribution >= 4 is 29.0 Å². The molecule has 2 aromatic carbocycles. The average Bonchev–Trinajstić information content (AvgIpc) is 3.02. The van der Waals surface area contributed by atoms with Crippen molar-refractivity contribution in [1.29, 1.82) is 0 Å². The minimum Gasteiger partial charge on any atom is -0.378 e. The molecule has 0 unspecified atom stereocenters. The smallest absolute Gasteiger partial charge is 0.234 e. The molecule has 1 aromatic heterocycles. The van der Waals surface area contributed by atoms with Gasteiger partial charge in [0.15, 0.2) is 5.16 Å². The molecule has 5 nitrogen and oxygen atoms in total. The molecule has 6 heteroatoms. The summed E-state index contributed by atoms with van der Waals surface area (Å²) in [6, 6.07) is 17.9. The van der Waals surface area contributed by atoms with Crippen molar-refractivity contribution in [2.45, 2.75) is 5.16 Å². The molecule has 0 saturated heterocycles. The highest BCUT2D eigenvalue weighted by Crippen LogP contribution is 2.25. The monoisotopic (exact) mass is 366 g/mol. The van der Waals surface area contributed by atoms with Crippen molar-refractivity contribution in [3.8, 4) is 11.3 Å². The van der Waals surface area contributed by atoms with Gasteiger partial charge in [-0.2, -0.15) is 0 Å². The van der Waals surface area contributed by atoms with Crippen LogP contribution in [-0.4, -0.2) is 35.3 Å². The third kappa shape index (κ3) is 4.26. The van der Waals surface area contributed by atoms with E-state index in [1.165, 1.54) is 11.8 Å². The molecular weight excluding hydrogens is 344 g/mol. The molecule has 0 aliphatic rings. The van der Waals surface area contributed by atoms with E-state index in [-0.39, 0.29) is 5.91 Å². The van der Waals surface area contributed by atoms with Crippen LogP contribution in [0, 0.1) is 0 Å². The standard InChI is InChI=1S/C20H22N4OS/c1-23(2)17-11-9-16(10-12-17)22-19(25)14-26-20-21-13-18(24(20)3)15-7-5-4-6-8-15/h4-13H,14H2,1-3H3,(H,22,25). The van der Waals surface area contributed by atoms with Crippen molar-refractivity contribution in [2.75, 3.05) is 30.1 Å². The lowest BCUT2D eigenvalue weighted by Gasteiger charge is -2.13. The number of benzene rings is 2. The van der Waals surface area contributed by atoms with Crippen molar-refractivity contribution < 1.29 is 4.79 Å². The Morgan fingerprint density at radius 2 is 1.81 bits per heavy atom. The van der Waals surface area contributed by atoms with Gasteiger partial charge in [-0.25, -0.2) is 4.98 Å². The zero-order valence-corrected chi connectivity index (χ0v) is 16.0. The van der Waals surface area contributed by atoms with Crippen LogP contribution in [0.15, 0.2) is 66.0 Å². The SMILES string of the molecule is CN(C)c1ccc(NC(=O)CSc2ncc(-c3ccccc3)n2C)cc1.